The summed E-state index contributed by atoms with van der Waals surface area (Å²) in [4.78, 5) is 12.9. The molecule has 1 heterocycles. The lowest BCUT2D eigenvalue weighted by Crippen LogP contribution is -2.41. The van der Waals surface area contributed by atoms with Crippen molar-refractivity contribution >= 4 is 5.91 Å². The standard InChI is InChI=1S/C11H23N3O/c1-2-5-13-8-10-3-6-14(7-4-10)9-11(12)15/h10,13H,2-9H2,1H3,(H2,12,15). The van der Waals surface area contributed by atoms with Crippen LogP contribution in [0, 0.1) is 5.92 Å². The van der Waals surface area contributed by atoms with E-state index >= 15 is 0 Å². The maximum absolute atomic E-state index is 10.7. The highest BCUT2D eigenvalue weighted by Gasteiger charge is 2.19. The number of nitrogens with two attached hydrogens (primary N) is 1. The number of amides is 1. The van der Waals surface area contributed by atoms with Gasteiger partial charge in [0.05, 0.1) is 6.54 Å². The van der Waals surface area contributed by atoms with Crippen molar-refractivity contribution in [3.8, 4) is 0 Å². The zero-order valence-corrected chi connectivity index (χ0v) is 9.67. The summed E-state index contributed by atoms with van der Waals surface area (Å²) in [5.74, 6) is 0.568. The molecule has 0 aromatic heterocycles. The molecule has 1 amide bonds. The van der Waals surface area contributed by atoms with Gasteiger partial charge in [-0.05, 0) is 51.4 Å². The molecule has 1 saturated heterocycles. The number of hydrogen-bond donors (Lipinski definition) is 2. The van der Waals surface area contributed by atoms with Crippen LogP contribution in [0.4, 0.5) is 0 Å². The summed E-state index contributed by atoms with van der Waals surface area (Å²) < 4.78 is 0. The van der Waals surface area contributed by atoms with Gasteiger partial charge in [-0.3, -0.25) is 9.69 Å². The Labute approximate surface area is 92.2 Å². The van der Waals surface area contributed by atoms with Gasteiger partial charge in [-0.25, -0.2) is 0 Å². The quantitative estimate of drug-likeness (QED) is 0.619. The minimum absolute atomic E-state index is 0.211. The number of hydrogen-bond acceptors (Lipinski definition) is 3. The van der Waals surface area contributed by atoms with Gasteiger partial charge in [0.25, 0.3) is 0 Å². The second-order valence-electron chi connectivity index (χ2n) is 4.39. The Morgan fingerprint density at radius 2 is 2.13 bits per heavy atom. The normalized spacial score (nSPS) is 19.3. The zero-order valence-electron chi connectivity index (χ0n) is 9.67. The van der Waals surface area contributed by atoms with Gasteiger partial charge in [0.1, 0.15) is 0 Å². The maximum Gasteiger partial charge on any atom is 0.231 e. The molecule has 4 heteroatoms. The molecule has 4 nitrogen and oxygen atoms in total. The largest absolute Gasteiger partial charge is 0.369 e. The van der Waals surface area contributed by atoms with Crippen molar-refractivity contribution < 1.29 is 4.79 Å². The van der Waals surface area contributed by atoms with Crippen molar-refractivity contribution in [3.05, 3.63) is 0 Å². The van der Waals surface area contributed by atoms with Crippen molar-refractivity contribution in [2.45, 2.75) is 26.2 Å². The summed E-state index contributed by atoms with van der Waals surface area (Å²) in [6.07, 6.45) is 3.56. The molecular formula is C11H23N3O. The fourth-order valence-corrected chi connectivity index (χ4v) is 2.05. The number of rotatable bonds is 6. The fraction of sp³-hybridized carbons (Fsp3) is 0.909. The van der Waals surface area contributed by atoms with E-state index in [0.717, 1.165) is 32.1 Å². The highest BCUT2D eigenvalue weighted by atomic mass is 16.1. The third-order valence-corrected chi connectivity index (χ3v) is 2.95. The Kier molecular flexibility index (Phi) is 5.65. The molecule has 3 N–H and O–H groups in total. The summed E-state index contributed by atoms with van der Waals surface area (Å²) in [5.41, 5.74) is 5.16. The minimum atomic E-state index is -0.211. The molecule has 0 spiro atoms. The van der Waals surface area contributed by atoms with Gasteiger partial charge in [0, 0.05) is 0 Å². The lowest BCUT2D eigenvalue weighted by Gasteiger charge is -2.31. The van der Waals surface area contributed by atoms with E-state index in [9.17, 15) is 4.79 Å². The number of carbonyl (C=O) groups excluding carboxylic acids is 1. The van der Waals surface area contributed by atoms with Gasteiger partial charge in [-0.2, -0.15) is 0 Å². The molecule has 0 saturated carbocycles. The molecule has 1 aliphatic rings. The number of carbonyl (C=O) groups is 1. The van der Waals surface area contributed by atoms with Gasteiger partial charge in [-0.1, -0.05) is 6.92 Å². The van der Waals surface area contributed by atoms with Gasteiger partial charge in [0.15, 0.2) is 0 Å². The van der Waals surface area contributed by atoms with Crippen LogP contribution >= 0.6 is 0 Å². The van der Waals surface area contributed by atoms with Crippen LogP contribution < -0.4 is 11.1 Å². The molecule has 1 aliphatic heterocycles. The summed E-state index contributed by atoms with van der Waals surface area (Å²) in [7, 11) is 0. The SMILES string of the molecule is CCCNCC1CCN(CC(N)=O)CC1. The van der Waals surface area contributed by atoms with E-state index in [-0.39, 0.29) is 5.91 Å². The lowest BCUT2D eigenvalue weighted by atomic mass is 9.97. The van der Waals surface area contributed by atoms with E-state index in [1.807, 2.05) is 0 Å². The van der Waals surface area contributed by atoms with E-state index in [1.54, 1.807) is 0 Å². The smallest absolute Gasteiger partial charge is 0.231 e. The molecule has 0 aliphatic carbocycles. The number of likely N-dealkylation sites (tertiary alicyclic amines) is 1. The molecular weight excluding hydrogens is 190 g/mol. The Hall–Kier alpha value is -0.610. The first-order chi connectivity index (χ1) is 7.22. The van der Waals surface area contributed by atoms with Crippen LogP contribution in [0.5, 0.6) is 0 Å². The van der Waals surface area contributed by atoms with Crippen LogP contribution in [0.1, 0.15) is 26.2 Å². The van der Waals surface area contributed by atoms with Crippen LogP contribution in [0.2, 0.25) is 0 Å². The molecule has 88 valence electrons. The molecule has 0 aromatic carbocycles. The van der Waals surface area contributed by atoms with E-state index in [1.165, 1.54) is 19.3 Å². The number of nitrogens with zero attached hydrogens (tertiary/aromatic N) is 1. The highest BCUT2D eigenvalue weighted by Crippen LogP contribution is 2.15. The summed E-state index contributed by atoms with van der Waals surface area (Å²) in [6, 6.07) is 0. The van der Waals surface area contributed by atoms with Crippen molar-refractivity contribution in [1.29, 1.82) is 0 Å². The van der Waals surface area contributed by atoms with Crippen molar-refractivity contribution in [2.75, 3.05) is 32.7 Å². The van der Waals surface area contributed by atoms with Gasteiger partial charge < -0.3 is 11.1 Å². The summed E-state index contributed by atoms with van der Waals surface area (Å²) >= 11 is 0. The Morgan fingerprint density at radius 1 is 1.47 bits per heavy atom. The molecule has 0 aromatic rings. The predicted molar refractivity (Wildman–Crippen MR) is 61.5 cm³/mol. The van der Waals surface area contributed by atoms with E-state index in [4.69, 9.17) is 5.73 Å². The Bertz CT molecular complexity index is 188. The number of primary amides is 1. The second kappa shape index (κ2) is 6.80. The van der Waals surface area contributed by atoms with Crippen molar-refractivity contribution in [1.82, 2.24) is 10.2 Å². The van der Waals surface area contributed by atoms with E-state index in [0.29, 0.717) is 6.54 Å². The van der Waals surface area contributed by atoms with Crippen LogP contribution in [-0.4, -0.2) is 43.5 Å². The third kappa shape index (κ3) is 5.14. The highest BCUT2D eigenvalue weighted by molar-refractivity contribution is 5.75. The molecule has 0 radical (unpaired) electrons. The van der Waals surface area contributed by atoms with Gasteiger partial charge >= 0.3 is 0 Å². The first-order valence-corrected chi connectivity index (χ1v) is 5.93. The first kappa shape index (κ1) is 12.5. The summed E-state index contributed by atoms with van der Waals surface area (Å²) in [5, 5.41) is 3.45. The molecule has 15 heavy (non-hydrogen) atoms. The fourth-order valence-electron chi connectivity index (χ4n) is 2.05. The molecule has 0 bridgehead atoms. The molecule has 1 fully saturated rings. The van der Waals surface area contributed by atoms with Crippen LogP contribution in [0.25, 0.3) is 0 Å². The predicted octanol–water partition coefficient (Wildman–Crippen LogP) is 0.183. The number of nitrogens with one attached hydrogen (secondary N) is 1. The third-order valence-electron chi connectivity index (χ3n) is 2.95. The van der Waals surface area contributed by atoms with Crippen LogP contribution in [0.3, 0.4) is 0 Å². The Balaban J connectivity index is 2.10. The van der Waals surface area contributed by atoms with Gasteiger partial charge in [-0.15, -0.1) is 0 Å². The summed E-state index contributed by atoms with van der Waals surface area (Å²) in [6.45, 7) is 6.88. The Morgan fingerprint density at radius 3 is 2.67 bits per heavy atom. The molecule has 0 atom stereocenters. The van der Waals surface area contributed by atoms with Crippen molar-refractivity contribution in [3.63, 3.8) is 0 Å². The minimum Gasteiger partial charge on any atom is -0.369 e. The zero-order chi connectivity index (χ0) is 11.1. The monoisotopic (exact) mass is 213 g/mol. The van der Waals surface area contributed by atoms with Crippen molar-refractivity contribution in [2.24, 2.45) is 11.7 Å². The molecule has 0 unspecified atom stereocenters. The lowest BCUT2D eigenvalue weighted by molar-refractivity contribution is -0.119. The molecule has 1 rings (SSSR count). The van der Waals surface area contributed by atoms with E-state index < -0.39 is 0 Å². The first-order valence-electron chi connectivity index (χ1n) is 5.93. The average Bonchev–Trinajstić information content (AvgIpc) is 2.20. The second-order valence-corrected chi connectivity index (χ2v) is 4.39. The average molecular weight is 213 g/mol. The maximum atomic E-state index is 10.7. The number of piperidine rings is 1. The van der Waals surface area contributed by atoms with Crippen LogP contribution in [-0.2, 0) is 4.79 Å². The van der Waals surface area contributed by atoms with Crippen LogP contribution in [0.15, 0.2) is 0 Å². The van der Waals surface area contributed by atoms with Gasteiger partial charge in [0.2, 0.25) is 5.91 Å². The topological polar surface area (TPSA) is 58.4 Å². The van der Waals surface area contributed by atoms with E-state index in [2.05, 4.69) is 17.1 Å².